The Hall–Kier alpha value is -1.48. The maximum atomic E-state index is 5.98. The van der Waals surface area contributed by atoms with E-state index in [2.05, 4.69) is 47.4 Å². The summed E-state index contributed by atoms with van der Waals surface area (Å²) in [6.07, 6.45) is 7.04. The zero-order valence-corrected chi connectivity index (χ0v) is 11.6. The van der Waals surface area contributed by atoms with Gasteiger partial charge in [-0.25, -0.2) is 0 Å². The van der Waals surface area contributed by atoms with Crippen molar-refractivity contribution in [2.24, 2.45) is 11.7 Å². The number of fused-ring (bicyclic) bond motifs is 1. The van der Waals surface area contributed by atoms with Crippen molar-refractivity contribution < 1.29 is 0 Å². The van der Waals surface area contributed by atoms with E-state index in [0.29, 0.717) is 6.04 Å². The number of H-pyrrole nitrogens is 1. The van der Waals surface area contributed by atoms with E-state index >= 15 is 0 Å². The van der Waals surface area contributed by atoms with Crippen LogP contribution in [0.4, 0.5) is 5.69 Å². The molecule has 3 nitrogen and oxygen atoms in total. The second-order valence-electron chi connectivity index (χ2n) is 5.88. The molecule has 1 aliphatic carbocycles. The average Bonchev–Trinajstić information content (AvgIpc) is 2.85. The molecule has 1 saturated carbocycles. The Bertz CT molecular complexity index is 538. The molecule has 2 aromatic rings. The van der Waals surface area contributed by atoms with Gasteiger partial charge in [0.25, 0.3) is 0 Å². The van der Waals surface area contributed by atoms with Crippen LogP contribution >= 0.6 is 0 Å². The lowest BCUT2D eigenvalue weighted by Gasteiger charge is -2.30. The van der Waals surface area contributed by atoms with Crippen LogP contribution in [-0.2, 0) is 0 Å². The number of anilines is 1. The molecule has 0 unspecified atom stereocenters. The predicted octanol–water partition coefficient (Wildman–Crippen LogP) is 3.12. The fourth-order valence-corrected chi connectivity index (χ4v) is 3.23. The highest BCUT2D eigenvalue weighted by Crippen LogP contribution is 2.29. The quantitative estimate of drug-likeness (QED) is 0.887. The fraction of sp³-hybridized carbons (Fsp3) is 0.500. The molecular formula is C16H23N3. The summed E-state index contributed by atoms with van der Waals surface area (Å²) in [6.45, 7) is 1.13. The predicted molar refractivity (Wildman–Crippen MR) is 81.5 cm³/mol. The molecule has 3 rings (SSSR count). The maximum Gasteiger partial charge on any atom is 0.0621 e. The molecule has 0 radical (unpaired) electrons. The summed E-state index contributed by atoms with van der Waals surface area (Å²) in [5, 5.41) is 1.32. The first-order valence-electron chi connectivity index (χ1n) is 7.27. The molecule has 1 aliphatic rings. The minimum absolute atomic E-state index is 0.439. The first kappa shape index (κ1) is 12.5. The highest BCUT2D eigenvalue weighted by molar-refractivity contribution is 5.92. The molecule has 0 bridgehead atoms. The van der Waals surface area contributed by atoms with E-state index in [9.17, 15) is 0 Å². The van der Waals surface area contributed by atoms with Crippen molar-refractivity contribution in [2.75, 3.05) is 18.5 Å². The van der Waals surface area contributed by atoms with Crippen LogP contribution in [0.3, 0.4) is 0 Å². The zero-order chi connectivity index (χ0) is 13.2. The van der Waals surface area contributed by atoms with E-state index < -0.39 is 0 Å². The largest absolute Gasteiger partial charge is 0.373 e. The Morgan fingerprint density at radius 2 is 1.95 bits per heavy atom. The summed E-state index contributed by atoms with van der Waals surface area (Å²) in [4.78, 5) is 5.74. The SMILES string of the molecule is CN(CC1CCC(N)CC1)c1c[nH]c2ccccc12. The molecular weight excluding hydrogens is 234 g/mol. The minimum Gasteiger partial charge on any atom is -0.373 e. The van der Waals surface area contributed by atoms with Crippen molar-refractivity contribution in [2.45, 2.75) is 31.7 Å². The summed E-state index contributed by atoms with van der Waals surface area (Å²) < 4.78 is 0. The third kappa shape index (κ3) is 2.61. The van der Waals surface area contributed by atoms with Gasteiger partial charge < -0.3 is 15.6 Å². The van der Waals surface area contributed by atoms with Crippen LogP contribution in [0.25, 0.3) is 10.9 Å². The molecule has 1 fully saturated rings. The average molecular weight is 257 g/mol. The van der Waals surface area contributed by atoms with Gasteiger partial charge in [-0.2, -0.15) is 0 Å². The van der Waals surface area contributed by atoms with Gasteiger partial charge >= 0.3 is 0 Å². The van der Waals surface area contributed by atoms with Crippen LogP contribution in [0.1, 0.15) is 25.7 Å². The van der Waals surface area contributed by atoms with Crippen LogP contribution < -0.4 is 10.6 Å². The highest BCUT2D eigenvalue weighted by atomic mass is 15.1. The Morgan fingerprint density at radius 3 is 2.74 bits per heavy atom. The molecule has 0 atom stereocenters. The number of hydrogen-bond acceptors (Lipinski definition) is 2. The second kappa shape index (κ2) is 5.25. The molecule has 1 aromatic carbocycles. The number of aromatic amines is 1. The van der Waals surface area contributed by atoms with Gasteiger partial charge in [0.05, 0.1) is 5.69 Å². The van der Waals surface area contributed by atoms with Crippen molar-refractivity contribution in [1.82, 2.24) is 4.98 Å². The molecule has 1 aromatic heterocycles. The third-order valence-corrected chi connectivity index (χ3v) is 4.40. The minimum atomic E-state index is 0.439. The molecule has 0 amide bonds. The Balaban J connectivity index is 1.71. The molecule has 3 heteroatoms. The van der Waals surface area contributed by atoms with E-state index in [1.165, 1.54) is 42.3 Å². The zero-order valence-electron chi connectivity index (χ0n) is 11.6. The number of nitrogens with zero attached hydrogens (tertiary/aromatic N) is 1. The molecule has 0 aliphatic heterocycles. The van der Waals surface area contributed by atoms with Gasteiger partial charge in [-0.3, -0.25) is 0 Å². The molecule has 3 N–H and O–H groups in total. The summed E-state index contributed by atoms with van der Waals surface area (Å²) in [6, 6.07) is 8.94. The number of aromatic nitrogens is 1. The van der Waals surface area contributed by atoms with Crippen LogP contribution in [0.5, 0.6) is 0 Å². The fourth-order valence-electron chi connectivity index (χ4n) is 3.23. The van der Waals surface area contributed by atoms with Crippen molar-refractivity contribution in [1.29, 1.82) is 0 Å². The molecule has 102 valence electrons. The molecule has 0 saturated heterocycles. The van der Waals surface area contributed by atoms with Gasteiger partial charge in [-0.1, -0.05) is 18.2 Å². The van der Waals surface area contributed by atoms with Crippen molar-refractivity contribution in [3.05, 3.63) is 30.5 Å². The maximum absolute atomic E-state index is 5.98. The second-order valence-corrected chi connectivity index (χ2v) is 5.88. The standard InChI is InChI=1S/C16H23N3/c1-19(11-12-6-8-13(17)9-7-12)16-10-18-15-5-3-2-4-14(15)16/h2-5,10,12-13,18H,6-9,11,17H2,1H3. The monoisotopic (exact) mass is 257 g/mol. The smallest absolute Gasteiger partial charge is 0.0621 e. The molecule has 1 heterocycles. The van der Waals surface area contributed by atoms with Gasteiger partial charge in [0.2, 0.25) is 0 Å². The number of benzene rings is 1. The molecule has 19 heavy (non-hydrogen) atoms. The number of para-hydroxylation sites is 1. The number of nitrogens with one attached hydrogen (secondary N) is 1. The van der Waals surface area contributed by atoms with E-state index in [0.717, 1.165) is 12.5 Å². The van der Waals surface area contributed by atoms with E-state index in [1.54, 1.807) is 0 Å². The number of hydrogen-bond donors (Lipinski definition) is 2. The van der Waals surface area contributed by atoms with Crippen molar-refractivity contribution >= 4 is 16.6 Å². The van der Waals surface area contributed by atoms with Gasteiger partial charge in [-0.15, -0.1) is 0 Å². The normalized spacial score (nSPS) is 23.7. The summed E-state index contributed by atoms with van der Waals surface area (Å²) in [5.41, 5.74) is 8.51. The van der Waals surface area contributed by atoms with Gasteiger partial charge in [0, 0.05) is 36.7 Å². The summed E-state index contributed by atoms with van der Waals surface area (Å²) in [7, 11) is 2.20. The lowest BCUT2D eigenvalue weighted by atomic mass is 9.86. The lowest BCUT2D eigenvalue weighted by molar-refractivity contribution is 0.330. The topological polar surface area (TPSA) is 45.0 Å². The van der Waals surface area contributed by atoms with Crippen LogP contribution in [-0.4, -0.2) is 24.6 Å². The van der Waals surface area contributed by atoms with E-state index in [1.807, 2.05) is 0 Å². The number of nitrogens with two attached hydrogens (primary N) is 1. The Labute approximate surface area is 114 Å². The van der Waals surface area contributed by atoms with Crippen molar-refractivity contribution in [3.63, 3.8) is 0 Å². The first-order chi connectivity index (χ1) is 9.24. The van der Waals surface area contributed by atoms with E-state index in [-0.39, 0.29) is 0 Å². The first-order valence-corrected chi connectivity index (χ1v) is 7.27. The summed E-state index contributed by atoms with van der Waals surface area (Å²) in [5.74, 6) is 0.790. The van der Waals surface area contributed by atoms with Crippen LogP contribution in [0.2, 0.25) is 0 Å². The Morgan fingerprint density at radius 1 is 1.21 bits per heavy atom. The highest BCUT2D eigenvalue weighted by Gasteiger charge is 2.20. The number of rotatable bonds is 3. The van der Waals surface area contributed by atoms with Crippen LogP contribution in [0, 0.1) is 5.92 Å². The lowest BCUT2D eigenvalue weighted by Crippen LogP contribution is -2.32. The van der Waals surface area contributed by atoms with Gasteiger partial charge in [-0.05, 0) is 37.7 Å². The van der Waals surface area contributed by atoms with Crippen LogP contribution in [0.15, 0.2) is 30.5 Å². The third-order valence-electron chi connectivity index (χ3n) is 4.40. The Kier molecular flexibility index (Phi) is 3.47. The van der Waals surface area contributed by atoms with Crippen molar-refractivity contribution in [3.8, 4) is 0 Å². The van der Waals surface area contributed by atoms with Gasteiger partial charge in [0.1, 0.15) is 0 Å². The molecule has 0 spiro atoms. The van der Waals surface area contributed by atoms with Gasteiger partial charge in [0.15, 0.2) is 0 Å². The summed E-state index contributed by atoms with van der Waals surface area (Å²) >= 11 is 0. The van der Waals surface area contributed by atoms with E-state index in [4.69, 9.17) is 5.73 Å².